The van der Waals surface area contributed by atoms with E-state index in [0.29, 0.717) is 19.3 Å². The van der Waals surface area contributed by atoms with Crippen LogP contribution < -0.4 is 0 Å². The Morgan fingerprint density at radius 2 is 0.397 bits per heavy atom. The van der Waals surface area contributed by atoms with Gasteiger partial charge in [0.25, 0.3) is 0 Å². The average Bonchev–Trinajstić information content (AvgIpc) is 3.34. The van der Waals surface area contributed by atoms with Crippen molar-refractivity contribution in [1.29, 1.82) is 0 Å². The molecule has 6 nitrogen and oxygen atoms in total. The maximum absolute atomic E-state index is 12.9. The third-order valence-electron chi connectivity index (χ3n) is 14.4. The summed E-state index contributed by atoms with van der Waals surface area (Å²) in [5, 5.41) is 0. The normalized spacial score (nSPS) is 11.9. The summed E-state index contributed by atoms with van der Waals surface area (Å²) >= 11 is 0. The molecule has 0 rings (SSSR count). The second kappa shape index (κ2) is 58.0. The largest absolute Gasteiger partial charge is 0.462 e. The Labute approximate surface area is 425 Å². The van der Waals surface area contributed by atoms with Gasteiger partial charge in [0.15, 0.2) is 6.10 Å². The minimum absolute atomic E-state index is 0.0608. The number of carbonyl (C=O) groups is 3. The van der Waals surface area contributed by atoms with Gasteiger partial charge < -0.3 is 14.2 Å². The Morgan fingerprint density at radius 3 is 0.588 bits per heavy atom. The van der Waals surface area contributed by atoms with E-state index in [9.17, 15) is 14.4 Å². The summed E-state index contributed by atoms with van der Waals surface area (Å²) < 4.78 is 16.9. The second-order valence-corrected chi connectivity index (χ2v) is 21.3. The second-order valence-electron chi connectivity index (χ2n) is 21.3. The molecule has 68 heavy (non-hydrogen) atoms. The van der Waals surface area contributed by atoms with Crippen LogP contribution in [0.3, 0.4) is 0 Å². The molecule has 0 spiro atoms. The summed E-state index contributed by atoms with van der Waals surface area (Å²) in [6, 6.07) is 0. The van der Waals surface area contributed by atoms with E-state index in [1.54, 1.807) is 0 Å². The first-order valence-corrected chi connectivity index (χ1v) is 31.0. The molecule has 0 unspecified atom stereocenters. The van der Waals surface area contributed by atoms with Gasteiger partial charge in [0.05, 0.1) is 0 Å². The highest BCUT2D eigenvalue weighted by atomic mass is 16.6. The number of esters is 3. The Balaban J connectivity index is 4.23. The fraction of sp³-hybridized carbons (Fsp3) is 0.952. The molecule has 0 aromatic rings. The van der Waals surface area contributed by atoms with Crippen molar-refractivity contribution in [3.05, 3.63) is 0 Å². The third-order valence-corrected chi connectivity index (χ3v) is 14.4. The molecule has 0 aliphatic carbocycles. The monoisotopic (exact) mass is 961 g/mol. The average molecular weight is 962 g/mol. The highest BCUT2D eigenvalue weighted by molar-refractivity contribution is 5.71. The third kappa shape index (κ3) is 55.3. The smallest absolute Gasteiger partial charge is 0.306 e. The fourth-order valence-electron chi connectivity index (χ4n) is 9.68. The molecule has 6 heteroatoms. The molecule has 0 aromatic heterocycles. The fourth-order valence-corrected chi connectivity index (χ4v) is 9.68. The first-order chi connectivity index (χ1) is 33.5. The molecular formula is C62H120O6. The number of carbonyl (C=O) groups excluding carboxylic acids is 3. The maximum Gasteiger partial charge on any atom is 0.306 e. The minimum Gasteiger partial charge on any atom is -0.462 e. The molecule has 0 saturated heterocycles. The van der Waals surface area contributed by atoms with Crippen LogP contribution in [0.5, 0.6) is 0 Å². The Morgan fingerprint density at radius 1 is 0.235 bits per heavy atom. The van der Waals surface area contributed by atoms with Crippen LogP contribution >= 0.6 is 0 Å². The molecule has 0 fully saturated rings. The summed E-state index contributed by atoms with van der Waals surface area (Å²) in [4.78, 5) is 38.2. The Hall–Kier alpha value is -1.59. The molecule has 0 heterocycles. The van der Waals surface area contributed by atoms with Crippen LogP contribution in [0.2, 0.25) is 0 Å². The van der Waals surface area contributed by atoms with Crippen LogP contribution in [-0.2, 0) is 28.6 Å². The molecule has 0 aromatic carbocycles. The number of rotatable bonds is 58. The number of hydrogen-bond donors (Lipinski definition) is 0. The summed E-state index contributed by atoms with van der Waals surface area (Å²) in [5.41, 5.74) is 0. The van der Waals surface area contributed by atoms with Gasteiger partial charge in [-0.15, -0.1) is 0 Å². The van der Waals surface area contributed by atoms with Crippen molar-refractivity contribution in [2.75, 3.05) is 13.2 Å². The van der Waals surface area contributed by atoms with Crippen LogP contribution in [0, 0.1) is 0 Å². The van der Waals surface area contributed by atoms with Crippen molar-refractivity contribution < 1.29 is 28.6 Å². The van der Waals surface area contributed by atoms with Gasteiger partial charge in [-0.3, -0.25) is 14.4 Å². The minimum atomic E-state index is -0.761. The van der Waals surface area contributed by atoms with Crippen LogP contribution in [-0.4, -0.2) is 37.2 Å². The first-order valence-electron chi connectivity index (χ1n) is 31.0. The standard InChI is InChI=1S/C62H120O6/c1-4-7-10-13-16-19-22-25-27-29-30-31-32-34-36-38-41-44-47-50-53-56-62(65)68-59(57-66-60(63)54-51-48-45-42-39-24-21-18-15-12-9-6-3)58-67-61(64)55-52-49-46-43-40-37-35-33-28-26-23-20-17-14-11-8-5-2/h59H,4-58H2,1-3H3/t59-/m0/s1. The number of unbranched alkanes of at least 4 members (excludes halogenated alkanes) is 47. The molecule has 0 aliphatic rings. The quantitative estimate of drug-likeness (QED) is 0.0343. The van der Waals surface area contributed by atoms with Gasteiger partial charge in [0, 0.05) is 19.3 Å². The van der Waals surface area contributed by atoms with Gasteiger partial charge in [-0.2, -0.15) is 0 Å². The zero-order chi connectivity index (χ0) is 49.3. The van der Waals surface area contributed by atoms with Crippen molar-refractivity contribution in [2.45, 2.75) is 367 Å². The predicted molar refractivity (Wildman–Crippen MR) is 294 cm³/mol. The maximum atomic E-state index is 12.9. The van der Waals surface area contributed by atoms with Gasteiger partial charge in [-0.05, 0) is 19.3 Å². The lowest BCUT2D eigenvalue weighted by Crippen LogP contribution is -2.30. The van der Waals surface area contributed by atoms with E-state index in [2.05, 4.69) is 20.8 Å². The Bertz CT molecular complexity index is 1010. The van der Waals surface area contributed by atoms with E-state index in [1.807, 2.05) is 0 Å². The van der Waals surface area contributed by atoms with E-state index in [0.717, 1.165) is 57.8 Å². The topological polar surface area (TPSA) is 78.9 Å². The molecule has 404 valence electrons. The lowest BCUT2D eigenvalue weighted by Gasteiger charge is -2.18. The molecule has 1 atom stereocenters. The van der Waals surface area contributed by atoms with Crippen LogP contribution in [0.15, 0.2) is 0 Å². The first kappa shape index (κ1) is 66.4. The van der Waals surface area contributed by atoms with Gasteiger partial charge >= 0.3 is 17.9 Å². The molecule has 0 N–H and O–H groups in total. The molecule has 0 radical (unpaired) electrons. The van der Waals surface area contributed by atoms with Crippen LogP contribution in [0.1, 0.15) is 361 Å². The number of ether oxygens (including phenoxy) is 3. The predicted octanol–water partition coefficient (Wildman–Crippen LogP) is 20.7. The van der Waals surface area contributed by atoms with E-state index < -0.39 is 6.10 Å². The van der Waals surface area contributed by atoms with E-state index in [-0.39, 0.29) is 31.1 Å². The van der Waals surface area contributed by atoms with E-state index in [1.165, 1.54) is 263 Å². The highest BCUT2D eigenvalue weighted by Crippen LogP contribution is 2.18. The summed E-state index contributed by atoms with van der Waals surface area (Å²) in [5.74, 6) is -0.828. The molecule has 0 bridgehead atoms. The molecular weight excluding hydrogens is 841 g/mol. The molecule has 0 amide bonds. The van der Waals surface area contributed by atoms with Crippen molar-refractivity contribution in [2.24, 2.45) is 0 Å². The van der Waals surface area contributed by atoms with Gasteiger partial charge in [-0.1, -0.05) is 323 Å². The van der Waals surface area contributed by atoms with Crippen LogP contribution in [0.25, 0.3) is 0 Å². The van der Waals surface area contributed by atoms with Crippen molar-refractivity contribution >= 4 is 17.9 Å². The molecule has 0 aliphatic heterocycles. The Kier molecular flexibility index (Phi) is 56.6. The lowest BCUT2D eigenvalue weighted by molar-refractivity contribution is -0.167. The van der Waals surface area contributed by atoms with Crippen LogP contribution in [0.4, 0.5) is 0 Å². The van der Waals surface area contributed by atoms with E-state index in [4.69, 9.17) is 14.2 Å². The van der Waals surface area contributed by atoms with Crippen molar-refractivity contribution in [3.63, 3.8) is 0 Å². The van der Waals surface area contributed by atoms with Crippen molar-refractivity contribution in [3.8, 4) is 0 Å². The van der Waals surface area contributed by atoms with Crippen molar-refractivity contribution in [1.82, 2.24) is 0 Å². The summed E-state index contributed by atoms with van der Waals surface area (Å²) in [7, 11) is 0. The zero-order valence-electron chi connectivity index (χ0n) is 46.4. The molecule has 0 saturated carbocycles. The summed E-state index contributed by atoms with van der Waals surface area (Å²) in [6.07, 6.45) is 65.3. The van der Waals surface area contributed by atoms with Gasteiger partial charge in [0.1, 0.15) is 13.2 Å². The van der Waals surface area contributed by atoms with Gasteiger partial charge in [-0.25, -0.2) is 0 Å². The number of hydrogen-bond acceptors (Lipinski definition) is 6. The zero-order valence-corrected chi connectivity index (χ0v) is 46.4. The van der Waals surface area contributed by atoms with E-state index >= 15 is 0 Å². The SMILES string of the molecule is CCCCCCCCCCCCCCCCCCCCCCCC(=O)O[C@@H](COC(=O)CCCCCCCCCCCCCC)COC(=O)CCCCCCCCCCCCCCCCCCC. The lowest BCUT2D eigenvalue weighted by atomic mass is 10.0. The highest BCUT2D eigenvalue weighted by Gasteiger charge is 2.19. The summed E-state index contributed by atoms with van der Waals surface area (Å²) in [6.45, 7) is 6.72. The van der Waals surface area contributed by atoms with Gasteiger partial charge in [0.2, 0.25) is 0 Å².